The molecule has 4 nitrogen and oxygen atoms in total. The molecule has 1 unspecified atom stereocenters. The van der Waals surface area contributed by atoms with Crippen molar-refractivity contribution >= 4 is 0 Å². The third-order valence-corrected chi connectivity index (χ3v) is 2.35. The maximum absolute atomic E-state index is 13.4. The molecule has 0 aliphatic heterocycles. The van der Waals surface area contributed by atoms with Crippen molar-refractivity contribution in [3.8, 4) is 11.4 Å². The molecule has 2 rings (SSSR count). The predicted octanol–water partition coefficient (Wildman–Crippen LogP) is 2.12. The van der Waals surface area contributed by atoms with Crippen LogP contribution in [-0.4, -0.2) is 20.1 Å². The molecular weight excluding hydrogens is 209 g/mol. The van der Waals surface area contributed by atoms with Crippen molar-refractivity contribution in [2.24, 2.45) is 0 Å². The first-order chi connectivity index (χ1) is 7.72. The number of halogens is 1. The van der Waals surface area contributed by atoms with E-state index in [9.17, 15) is 9.59 Å². The van der Waals surface area contributed by atoms with Crippen LogP contribution >= 0.6 is 0 Å². The van der Waals surface area contributed by atoms with Gasteiger partial charge in [-0.05, 0) is 24.6 Å². The predicted molar refractivity (Wildman–Crippen MR) is 57.2 cm³/mol. The van der Waals surface area contributed by atoms with E-state index in [1.54, 1.807) is 31.3 Å². The summed E-state index contributed by atoms with van der Waals surface area (Å²) < 4.78 is 13.4. The Hall–Kier alpha value is -1.75. The van der Waals surface area contributed by atoms with Gasteiger partial charge in [0.05, 0.1) is 11.8 Å². The average Bonchev–Trinajstić information content (AvgIpc) is 2.71. The number of pyridine rings is 1. The molecule has 0 fully saturated rings. The van der Waals surface area contributed by atoms with Crippen molar-refractivity contribution in [3.63, 3.8) is 0 Å². The fraction of sp³-hybridized carbons (Fsp3) is 0.273. The number of aliphatic hydroxyl groups excluding tert-OH is 1. The van der Waals surface area contributed by atoms with Gasteiger partial charge < -0.3 is 5.11 Å². The van der Waals surface area contributed by atoms with Gasteiger partial charge in [-0.25, -0.2) is 0 Å². The van der Waals surface area contributed by atoms with E-state index < -0.39 is 6.10 Å². The summed E-state index contributed by atoms with van der Waals surface area (Å²) in [6.45, 7) is 1.78. The minimum Gasteiger partial charge on any atom is -0.387 e. The van der Waals surface area contributed by atoms with Gasteiger partial charge in [-0.15, -0.1) is 5.10 Å². The third kappa shape index (κ3) is 1.94. The molecule has 1 atom stereocenters. The standard InChI is InChI=1S/C11H12FN3O/c1-2-11(16)10-7-9(14-15(10)12)8-5-3-4-6-13-8/h3-7,11,16H,2H2,1H3. The second-order valence-corrected chi connectivity index (χ2v) is 3.45. The van der Waals surface area contributed by atoms with Gasteiger partial charge in [0.25, 0.3) is 0 Å². The number of aliphatic hydroxyl groups is 1. The first-order valence-corrected chi connectivity index (χ1v) is 5.08. The van der Waals surface area contributed by atoms with Crippen LogP contribution in [0, 0.1) is 0 Å². The molecule has 84 valence electrons. The van der Waals surface area contributed by atoms with Gasteiger partial charge in [-0.2, -0.15) is 0 Å². The highest BCUT2D eigenvalue weighted by Gasteiger charge is 2.15. The van der Waals surface area contributed by atoms with Gasteiger partial charge in [-0.1, -0.05) is 22.4 Å². The minimum atomic E-state index is -0.838. The second kappa shape index (κ2) is 4.40. The first-order valence-electron chi connectivity index (χ1n) is 5.08. The Bertz CT molecular complexity index is 469. The monoisotopic (exact) mass is 221 g/mol. The smallest absolute Gasteiger partial charge is 0.114 e. The van der Waals surface area contributed by atoms with E-state index >= 15 is 0 Å². The van der Waals surface area contributed by atoms with Gasteiger partial charge in [0, 0.05) is 6.20 Å². The molecule has 0 aliphatic carbocycles. The largest absolute Gasteiger partial charge is 0.387 e. The summed E-state index contributed by atoms with van der Waals surface area (Å²) >= 11 is 0. The normalized spacial score (nSPS) is 12.7. The van der Waals surface area contributed by atoms with Crippen LogP contribution in [0.5, 0.6) is 0 Å². The van der Waals surface area contributed by atoms with Gasteiger partial charge in [0.15, 0.2) is 0 Å². The van der Waals surface area contributed by atoms with Gasteiger partial charge in [-0.3, -0.25) is 4.98 Å². The van der Waals surface area contributed by atoms with E-state index in [1.165, 1.54) is 6.07 Å². The molecule has 1 N–H and O–H groups in total. The lowest BCUT2D eigenvalue weighted by Gasteiger charge is -2.03. The lowest BCUT2D eigenvalue weighted by atomic mass is 10.2. The van der Waals surface area contributed by atoms with Crippen molar-refractivity contribution in [2.75, 3.05) is 0 Å². The molecule has 2 aromatic rings. The fourth-order valence-corrected chi connectivity index (χ4v) is 1.44. The summed E-state index contributed by atoms with van der Waals surface area (Å²) in [5.74, 6) is 0. The number of aromatic nitrogens is 3. The van der Waals surface area contributed by atoms with Crippen molar-refractivity contribution in [2.45, 2.75) is 19.4 Å². The Labute approximate surface area is 92.3 Å². The lowest BCUT2D eigenvalue weighted by Crippen LogP contribution is -2.00. The molecule has 0 saturated heterocycles. The van der Waals surface area contributed by atoms with Crippen LogP contribution in [0.3, 0.4) is 0 Å². The van der Waals surface area contributed by atoms with Crippen LogP contribution in [0.15, 0.2) is 30.5 Å². The van der Waals surface area contributed by atoms with E-state index in [4.69, 9.17) is 0 Å². The molecule has 2 heterocycles. The van der Waals surface area contributed by atoms with Crippen molar-refractivity contribution < 1.29 is 9.59 Å². The van der Waals surface area contributed by atoms with Crippen LogP contribution in [0.1, 0.15) is 25.1 Å². The Balaban J connectivity index is 2.38. The van der Waals surface area contributed by atoms with Crippen LogP contribution in [0.4, 0.5) is 4.48 Å². The summed E-state index contributed by atoms with van der Waals surface area (Å²) in [5, 5.41) is 13.2. The Kier molecular flexibility index (Phi) is 2.96. The molecule has 0 radical (unpaired) electrons. The molecule has 0 aliphatic rings. The van der Waals surface area contributed by atoms with E-state index in [0.29, 0.717) is 17.8 Å². The Morgan fingerprint density at radius 2 is 2.25 bits per heavy atom. The SMILES string of the molecule is CCC(O)c1cc(-c2ccccn2)nn1F. The minimum absolute atomic E-state index is 0.156. The molecule has 5 heteroatoms. The van der Waals surface area contributed by atoms with Crippen molar-refractivity contribution in [1.82, 2.24) is 15.0 Å². The van der Waals surface area contributed by atoms with Crippen LogP contribution in [0.25, 0.3) is 11.4 Å². The number of hydrogen-bond donors (Lipinski definition) is 1. The molecule has 2 aromatic heterocycles. The third-order valence-electron chi connectivity index (χ3n) is 2.35. The number of nitrogens with zero attached hydrogens (tertiary/aromatic N) is 3. The van der Waals surface area contributed by atoms with E-state index in [2.05, 4.69) is 10.1 Å². The topological polar surface area (TPSA) is 50.9 Å². The first kappa shape index (κ1) is 10.8. The maximum Gasteiger partial charge on any atom is 0.114 e. The average molecular weight is 221 g/mol. The lowest BCUT2D eigenvalue weighted by molar-refractivity contribution is 0.143. The molecule has 0 spiro atoms. The molecule has 0 saturated carbocycles. The van der Waals surface area contributed by atoms with Crippen molar-refractivity contribution in [1.29, 1.82) is 0 Å². The number of hydrogen-bond acceptors (Lipinski definition) is 3. The van der Waals surface area contributed by atoms with Crippen LogP contribution in [-0.2, 0) is 0 Å². The van der Waals surface area contributed by atoms with Gasteiger partial charge in [0.2, 0.25) is 0 Å². The zero-order valence-electron chi connectivity index (χ0n) is 8.84. The van der Waals surface area contributed by atoms with Crippen LogP contribution < -0.4 is 0 Å². The summed E-state index contributed by atoms with van der Waals surface area (Å²) in [6.07, 6.45) is 1.22. The zero-order valence-corrected chi connectivity index (χ0v) is 8.84. The van der Waals surface area contributed by atoms with E-state index in [-0.39, 0.29) is 10.6 Å². The van der Waals surface area contributed by atoms with Gasteiger partial charge in [0.1, 0.15) is 11.4 Å². The summed E-state index contributed by atoms with van der Waals surface area (Å²) in [4.78, 5) is 4.27. The second-order valence-electron chi connectivity index (χ2n) is 3.45. The van der Waals surface area contributed by atoms with Gasteiger partial charge >= 0.3 is 0 Å². The molecular formula is C11H12FN3O. The summed E-state index contributed by atoms with van der Waals surface area (Å²) in [5.41, 5.74) is 1.16. The molecule has 0 bridgehead atoms. The Morgan fingerprint density at radius 1 is 1.44 bits per heavy atom. The highest BCUT2D eigenvalue weighted by molar-refractivity contribution is 5.53. The fourth-order valence-electron chi connectivity index (χ4n) is 1.44. The Morgan fingerprint density at radius 3 is 2.88 bits per heavy atom. The van der Waals surface area contributed by atoms with Crippen LogP contribution in [0.2, 0.25) is 0 Å². The molecule has 0 amide bonds. The maximum atomic E-state index is 13.4. The summed E-state index contributed by atoms with van der Waals surface area (Å²) in [7, 11) is 0. The summed E-state index contributed by atoms with van der Waals surface area (Å²) in [6, 6.07) is 6.83. The van der Waals surface area contributed by atoms with E-state index in [0.717, 1.165) is 0 Å². The van der Waals surface area contributed by atoms with Crippen molar-refractivity contribution in [3.05, 3.63) is 36.2 Å². The highest BCUT2D eigenvalue weighted by Crippen LogP contribution is 2.22. The molecule has 0 aromatic carbocycles. The van der Waals surface area contributed by atoms with E-state index in [1.807, 2.05) is 0 Å². The number of rotatable bonds is 3. The molecule has 16 heavy (non-hydrogen) atoms. The zero-order chi connectivity index (χ0) is 11.5. The highest BCUT2D eigenvalue weighted by atomic mass is 19.2. The quantitative estimate of drug-likeness (QED) is 0.863.